The number of phenols is 1. The first kappa shape index (κ1) is 9.79. The summed E-state index contributed by atoms with van der Waals surface area (Å²) in [4.78, 5) is 0. The lowest BCUT2D eigenvalue weighted by Crippen LogP contribution is -2.23. The van der Waals surface area contributed by atoms with Crippen LogP contribution in [0.2, 0.25) is 0 Å². The average molecular weight is 186 g/mol. The van der Waals surface area contributed by atoms with Crippen LogP contribution < -0.4 is 4.74 Å². The Balaban J connectivity index is 3.14. The number of ether oxygens (including phenoxy) is 1. The molecule has 0 atom stereocenters. The highest BCUT2D eigenvalue weighted by molar-refractivity contribution is 5.42. The van der Waals surface area contributed by atoms with Crippen LogP contribution in [0.1, 0.15) is 5.56 Å². The van der Waals surface area contributed by atoms with Gasteiger partial charge in [0.05, 0.1) is 7.11 Å². The molecule has 0 saturated heterocycles. The molecule has 0 aliphatic rings. The van der Waals surface area contributed by atoms with Crippen molar-refractivity contribution < 1.29 is 25.2 Å². The summed E-state index contributed by atoms with van der Waals surface area (Å²) in [5, 5.41) is 35.5. The molecule has 1 aromatic rings. The summed E-state index contributed by atoms with van der Waals surface area (Å²) in [6.07, 6.45) is 0. The molecule has 0 aromatic heterocycles. The zero-order valence-corrected chi connectivity index (χ0v) is 6.93. The molecular weight excluding hydrogens is 176 g/mol. The summed E-state index contributed by atoms with van der Waals surface area (Å²) in [7, 11) is 1.31. The number of methoxy groups -OCH3 is 1. The zero-order valence-electron chi connectivity index (χ0n) is 6.93. The highest BCUT2D eigenvalue weighted by atomic mass is 16.7. The van der Waals surface area contributed by atoms with Crippen LogP contribution >= 0.6 is 0 Å². The fourth-order valence-corrected chi connectivity index (χ4v) is 0.886. The van der Waals surface area contributed by atoms with Gasteiger partial charge in [-0.2, -0.15) is 0 Å². The van der Waals surface area contributed by atoms with Gasteiger partial charge in [-0.3, -0.25) is 0 Å². The SMILES string of the molecule is COc1cc(C(O)(O)O)ccc1O. The van der Waals surface area contributed by atoms with Gasteiger partial charge >= 0.3 is 5.97 Å². The van der Waals surface area contributed by atoms with E-state index in [0.29, 0.717) is 0 Å². The van der Waals surface area contributed by atoms with E-state index in [1.54, 1.807) is 0 Å². The van der Waals surface area contributed by atoms with Gasteiger partial charge in [-0.25, -0.2) is 0 Å². The standard InChI is InChI=1S/C8H10O5/c1-13-7-4-5(8(10,11)12)2-3-6(7)9/h2-4,9-12H,1H3. The number of hydrogen-bond acceptors (Lipinski definition) is 5. The molecule has 0 heterocycles. The molecule has 0 saturated carbocycles. The Kier molecular flexibility index (Phi) is 2.42. The molecule has 0 bridgehead atoms. The van der Waals surface area contributed by atoms with E-state index < -0.39 is 5.97 Å². The van der Waals surface area contributed by atoms with Crippen LogP contribution in [0.3, 0.4) is 0 Å². The molecule has 5 nitrogen and oxygen atoms in total. The van der Waals surface area contributed by atoms with E-state index in [4.69, 9.17) is 25.2 Å². The van der Waals surface area contributed by atoms with E-state index in [-0.39, 0.29) is 17.1 Å². The van der Waals surface area contributed by atoms with E-state index in [1.807, 2.05) is 0 Å². The smallest absolute Gasteiger partial charge is 0.304 e. The molecule has 0 spiro atoms. The fraction of sp³-hybridized carbons (Fsp3) is 0.250. The van der Waals surface area contributed by atoms with Crippen molar-refractivity contribution in [3.8, 4) is 11.5 Å². The van der Waals surface area contributed by atoms with E-state index in [0.717, 1.165) is 12.1 Å². The van der Waals surface area contributed by atoms with Crippen molar-refractivity contribution in [1.29, 1.82) is 0 Å². The number of phenolic OH excluding ortho intramolecular Hbond substituents is 1. The maximum atomic E-state index is 9.13. The molecule has 72 valence electrons. The predicted octanol–water partition coefficient (Wildman–Crippen LogP) is -0.512. The minimum absolute atomic E-state index is 0.0547. The fourth-order valence-electron chi connectivity index (χ4n) is 0.886. The van der Waals surface area contributed by atoms with E-state index in [1.165, 1.54) is 13.2 Å². The van der Waals surface area contributed by atoms with Crippen LogP contribution in [-0.2, 0) is 5.97 Å². The second kappa shape index (κ2) is 3.21. The molecule has 0 aliphatic carbocycles. The molecule has 0 aliphatic heterocycles. The van der Waals surface area contributed by atoms with Crippen molar-refractivity contribution in [2.75, 3.05) is 7.11 Å². The minimum atomic E-state index is -2.92. The lowest BCUT2D eigenvalue weighted by Gasteiger charge is -2.15. The maximum absolute atomic E-state index is 9.13. The third kappa shape index (κ3) is 2.09. The minimum Gasteiger partial charge on any atom is -0.504 e. The van der Waals surface area contributed by atoms with E-state index in [9.17, 15) is 0 Å². The van der Waals surface area contributed by atoms with Crippen LogP contribution in [0.5, 0.6) is 11.5 Å². The van der Waals surface area contributed by atoms with Gasteiger partial charge in [-0.05, 0) is 18.2 Å². The van der Waals surface area contributed by atoms with Crippen molar-refractivity contribution in [1.82, 2.24) is 0 Å². The van der Waals surface area contributed by atoms with Gasteiger partial charge in [0.2, 0.25) is 0 Å². The summed E-state index contributed by atoms with van der Waals surface area (Å²) in [5.41, 5.74) is -0.179. The van der Waals surface area contributed by atoms with Crippen LogP contribution in [0, 0.1) is 0 Å². The monoisotopic (exact) mass is 186 g/mol. The first-order valence-electron chi connectivity index (χ1n) is 3.49. The summed E-state index contributed by atoms with van der Waals surface area (Å²) >= 11 is 0. The van der Waals surface area contributed by atoms with Gasteiger partial charge < -0.3 is 25.2 Å². The molecule has 5 heteroatoms. The van der Waals surface area contributed by atoms with Gasteiger partial charge in [0, 0.05) is 5.56 Å². The molecule has 1 rings (SSSR count). The van der Waals surface area contributed by atoms with Gasteiger partial charge in [-0.1, -0.05) is 0 Å². The van der Waals surface area contributed by atoms with Crippen molar-refractivity contribution in [3.05, 3.63) is 23.8 Å². The van der Waals surface area contributed by atoms with Crippen LogP contribution in [-0.4, -0.2) is 27.5 Å². The van der Waals surface area contributed by atoms with E-state index in [2.05, 4.69) is 0 Å². The Morgan fingerprint density at radius 1 is 1.23 bits per heavy atom. The number of aliphatic hydroxyl groups is 3. The number of rotatable bonds is 2. The quantitative estimate of drug-likeness (QED) is 0.467. The number of hydrogen-bond donors (Lipinski definition) is 4. The average Bonchev–Trinajstić information content (AvgIpc) is 2.03. The molecule has 0 amide bonds. The van der Waals surface area contributed by atoms with Gasteiger partial charge in [0.1, 0.15) is 0 Å². The summed E-state index contributed by atoms with van der Waals surface area (Å²) < 4.78 is 4.70. The lowest BCUT2D eigenvalue weighted by atomic mass is 10.1. The first-order valence-corrected chi connectivity index (χ1v) is 3.49. The highest BCUT2D eigenvalue weighted by Crippen LogP contribution is 2.29. The molecule has 13 heavy (non-hydrogen) atoms. The second-order valence-corrected chi connectivity index (χ2v) is 2.52. The van der Waals surface area contributed by atoms with Crippen LogP contribution in [0.4, 0.5) is 0 Å². The zero-order chi connectivity index (χ0) is 10.1. The van der Waals surface area contributed by atoms with Gasteiger partial charge in [-0.15, -0.1) is 0 Å². The van der Waals surface area contributed by atoms with Gasteiger partial charge in [0.15, 0.2) is 11.5 Å². The molecule has 0 unspecified atom stereocenters. The molecule has 1 aromatic carbocycles. The molecular formula is C8H10O5. The van der Waals surface area contributed by atoms with Crippen molar-refractivity contribution >= 4 is 0 Å². The summed E-state index contributed by atoms with van der Waals surface area (Å²) in [5.74, 6) is -3.00. The molecule has 4 N–H and O–H groups in total. The summed E-state index contributed by atoms with van der Waals surface area (Å²) in [6, 6.07) is 3.47. The number of benzene rings is 1. The Morgan fingerprint density at radius 3 is 2.31 bits per heavy atom. The third-order valence-corrected chi connectivity index (χ3v) is 1.57. The normalized spacial score (nSPS) is 11.4. The van der Waals surface area contributed by atoms with Crippen LogP contribution in [0.25, 0.3) is 0 Å². The van der Waals surface area contributed by atoms with Crippen LogP contribution in [0.15, 0.2) is 18.2 Å². The summed E-state index contributed by atoms with van der Waals surface area (Å²) in [6.45, 7) is 0. The second-order valence-electron chi connectivity index (χ2n) is 2.52. The predicted molar refractivity (Wildman–Crippen MR) is 43.0 cm³/mol. The highest BCUT2D eigenvalue weighted by Gasteiger charge is 2.22. The van der Waals surface area contributed by atoms with Crippen molar-refractivity contribution in [3.63, 3.8) is 0 Å². The maximum Gasteiger partial charge on any atom is 0.304 e. The number of aromatic hydroxyl groups is 1. The Morgan fingerprint density at radius 2 is 1.85 bits per heavy atom. The topological polar surface area (TPSA) is 90.2 Å². The van der Waals surface area contributed by atoms with E-state index >= 15 is 0 Å². The Hall–Kier alpha value is -1.30. The largest absolute Gasteiger partial charge is 0.504 e. The third-order valence-electron chi connectivity index (χ3n) is 1.57. The molecule has 0 radical (unpaired) electrons. The first-order chi connectivity index (χ1) is 5.95. The lowest BCUT2D eigenvalue weighted by molar-refractivity contribution is -0.323. The van der Waals surface area contributed by atoms with Crippen molar-refractivity contribution in [2.45, 2.75) is 5.97 Å². The Bertz CT molecular complexity index is 302. The molecule has 0 fully saturated rings. The van der Waals surface area contributed by atoms with Gasteiger partial charge in [0.25, 0.3) is 0 Å². The Labute approximate surface area is 74.5 Å². The van der Waals surface area contributed by atoms with Crippen molar-refractivity contribution in [2.24, 2.45) is 0 Å².